The van der Waals surface area contributed by atoms with Crippen molar-refractivity contribution in [3.05, 3.63) is 29.0 Å². The number of halogens is 1. The summed E-state index contributed by atoms with van der Waals surface area (Å²) in [5.41, 5.74) is 1.54. The normalized spacial score (nSPS) is 16.2. The van der Waals surface area contributed by atoms with Crippen LogP contribution in [0, 0.1) is 5.41 Å². The fourth-order valence-electron chi connectivity index (χ4n) is 2.45. The molecule has 128 valence electrons. The van der Waals surface area contributed by atoms with E-state index < -0.39 is 0 Å². The van der Waals surface area contributed by atoms with E-state index in [4.69, 9.17) is 21.3 Å². The second-order valence-corrected chi connectivity index (χ2v) is 6.49. The van der Waals surface area contributed by atoms with Gasteiger partial charge in [-0.3, -0.25) is 4.99 Å². The second kappa shape index (κ2) is 9.08. The average Bonchev–Trinajstić information content (AvgIpc) is 3.33. The Morgan fingerprint density at radius 1 is 1.39 bits per heavy atom. The summed E-state index contributed by atoms with van der Waals surface area (Å²) in [7, 11) is 1.76. The molecular weight excluding hydrogens is 312 g/mol. The number of nitrogens with zero attached hydrogens (tertiary/aromatic N) is 2. The van der Waals surface area contributed by atoms with Gasteiger partial charge in [-0.2, -0.15) is 0 Å². The van der Waals surface area contributed by atoms with Gasteiger partial charge < -0.3 is 15.4 Å². The maximum atomic E-state index is 5.80. The summed E-state index contributed by atoms with van der Waals surface area (Å²) in [5, 5.41) is 7.22. The molecule has 1 aromatic rings. The van der Waals surface area contributed by atoms with Crippen molar-refractivity contribution >= 4 is 17.6 Å². The predicted octanol–water partition coefficient (Wildman–Crippen LogP) is 2.65. The monoisotopic (exact) mass is 338 g/mol. The summed E-state index contributed by atoms with van der Waals surface area (Å²) in [6.45, 7) is 5.45. The fraction of sp³-hybridized carbons (Fsp3) is 0.647. The molecule has 23 heavy (non-hydrogen) atoms. The number of pyridine rings is 1. The molecular formula is C17H27ClN4O. The Kier molecular flexibility index (Phi) is 7.12. The van der Waals surface area contributed by atoms with Crippen molar-refractivity contribution in [3.63, 3.8) is 0 Å². The summed E-state index contributed by atoms with van der Waals surface area (Å²) in [6.07, 6.45) is 6.33. The van der Waals surface area contributed by atoms with E-state index in [0.29, 0.717) is 10.6 Å². The molecule has 0 bridgehead atoms. The first-order chi connectivity index (χ1) is 11.2. The highest BCUT2D eigenvalue weighted by atomic mass is 35.5. The highest BCUT2D eigenvalue weighted by molar-refractivity contribution is 6.29. The number of aliphatic imine (C=N–C) groups is 1. The van der Waals surface area contributed by atoms with Crippen LogP contribution in [0.4, 0.5) is 0 Å². The van der Waals surface area contributed by atoms with E-state index in [1.165, 1.54) is 12.8 Å². The summed E-state index contributed by atoms with van der Waals surface area (Å²) < 4.78 is 5.20. The third-order valence-electron chi connectivity index (χ3n) is 4.21. The number of ether oxygens (including phenoxy) is 1. The highest BCUT2D eigenvalue weighted by Crippen LogP contribution is 2.48. The van der Waals surface area contributed by atoms with Gasteiger partial charge in [0, 0.05) is 39.5 Å². The third kappa shape index (κ3) is 6.36. The van der Waals surface area contributed by atoms with Crippen LogP contribution in [0.2, 0.25) is 5.15 Å². The molecule has 1 saturated carbocycles. The fourth-order valence-corrected chi connectivity index (χ4v) is 2.56. The lowest BCUT2D eigenvalue weighted by Gasteiger charge is -2.15. The van der Waals surface area contributed by atoms with E-state index in [9.17, 15) is 0 Å². The molecule has 0 radical (unpaired) electrons. The molecule has 2 N–H and O–H groups in total. The van der Waals surface area contributed by atoms with Gasteiger partial charge >= 0.3 is 0 Å². The molecule has 1 aromatic heterocycles. The Balaban J connectivity index is 1.78. The van der Waals surface area contributed by atoms with Crippen LogP contribution >= 0.6 is 11.6 Å². The van der Waals surface area contributed by atoms with E-state index in [2.05, 4.69) is 22.5 Å². The zero-order valence-electron chi connectivity index (χ0n) is 14.1. The van der Waals surface area contributed by atoms with Gasteiger partial charge in [0.05, 0.1) is 0 Å². The van der Waals surface area contributed by atoms with Gasteiger partial charge in [-0.25, -0.2) is 4.98 Å². The summed E-state index contributed by atoms with van der Waals surface area (Å²) >= 11 is 5.80. The Hall–Kier alpha value is -1.33. The van der Waals surface area contributed by atoms with Crippen LogP contribution in [0.15, 0.2) is 23.3 Å². The summed E-state index contributed by atoms with van der Waals surface area (Å²) in [4.78, 5) is 8.85. The lowest BCUT2D eigenvalue weighted by atomic mass is 10.0. The van der Waals surface area contributed by atoms with Crippen LogP contribution in [0.3, 0.4) is 0 Å². The van der Waals surface area contributed by atoms with Crippen molar-refractivity contribution < 1.29 is 4.74 Å². The topological polar surface area (TPSA) is 58.5 Å². The average molecular weight is 339 g/mol. The number of rotatable bonds is 9. The molecule has 1 fully saturated rings. The Bertz CT molecular complexity index is 500. The molecule has 0 saturated heterocycles. The van der Waals surface area contributed by atoms with Crippen LogP contribution in [0.1, 0.15) is 31.7 Å². The van der Waals surface area contributed by atoms with E-state index >= 15 is 0 Å². The van der Waals surface area contributed by atoms with E-state index in [0.717, 1.165) is 50.6 Å². The Labute approximate surface area is 143 Å². The van der Waals surface area contributed by atoms with Gasteiger partial charge in [0.1, 0.15) is 5.15 Å². The first-order valence-corrected chi connectivity index (χ1v) is 8.67. The van der Waals surface area contributed by atoms with Crippen LogP contribution in [-0.2, 0) is 11.2 Å². The van der Waals surface area contributed by atoms with Gasteiger partial charge in [-0.15, -0.1) is 0 Å². The molecule has 0 unspecified atom stereocenters. The molecule has 0 aliphatic heterocycles. The van der Waals surface area contributed by atoms with Crippen LogP contribution in [0.5, 0.6) is 0 Å². The third-order valence-corrected chi connectivity index (χ3v) is 4.43. The predicted molar refractivity (Wildman–Crippen MR) is 95.1 cm³/mol. The lowest BCUT2D eigenvalue weighted by Crippen LogP contribution is -2.38. The number of methoxy groups -OCH3 is 1. The molecule has 0 atom stereocenters. The van der Waals surface area contributed by atoms with Gasteiger partial charge in [-0.1, -0.05) is 17.7 Å². The molecule has 0 amide bonds. The molecule has 6 heteroatoms. The zero-order valence-corrected chi connectivity index (χ0v) is 14.8. The SMILES string of the molecule is CCNC(=NCC1(CCOC)CC1)NCCc1ccc(Cl)nc1. The lowest BCUT2D eigenvalue weighted by molar-refractivity contribution is 0.174. The minimum atomic E-state index is 0.373. The Morgan fingerprint density at radius 2 is 2.22 bits per heavy atom. The van der Waals surface area contributed by atoms with Gasteiger partial charge in [0.15, 0.2) is 5.96 Å². The van der Waals surface area contributed by atoms with Crippen LogP contribution in [-0.4, -0.2) is 44.3 Å². The van der Waals surface area contributed by atoms with Crippen LogP contribution < -0.4 is 10.6 Å². The highest BCUT2D eigenvalue weighted by Gasteiger charge is 2.41. The number of aromatic nitrogens is 1. The first-order valence-electron chi connectivity index (χ1n) is 8.29. The van der Waals surface area contributed by atoms with E-state index in [1.807, 2.05) is 18.3 Å². The smallest absolute Gasteiger partial charge is 0.191 e. The molecule has 1 heterocycles. The minimum Gasteiger partial charge on any atom is -0.385 e. The zero-order chi connectivity index (χ0) is 16.5. The van der Waals surface area contributed by atoms with Crippen molar-refractivity contribution in [2.75, 3.05) is 33.4 Å². The van der Waals surface area contributed by atoms with Gasteiger partial charge in [-0.05, 0) is 49.7 Å². The molecule has 0 spiro atoms. The number of nitrogens with one attached hydrogen (secondary N) is 2. The second-order valence-electron chi connectivity index (χ2n) is 6.10. The minimum absolute atomic E-state index is 0.373. The number of hydrogen-bond donors (Lipinski definition) is 2. The largest absolute Gasteiger partial charge is 0.385 e. The van der Waals surface area contributed by atoms with E-state index in [1.54, 1.807) is 7.11 Å². The molecule has 2 rings (SSSR count). The van der Waals surface area contributed by atoms with Crippen molar-refractivity contribution in [1.82, 2.24) is 15.6 Å². The summed E-state index contributed by atoms with van der Waals surface area (Å²) in [5.74, 6) is 0.887. The van der Waals surface area contributed by atoms with E-state index in [-0.39, 0.29) is 0 Å². The number of hydrogen-bond acceptors (Lipinski definition) is 3. The molecule has 1 aliphatic rings. The van der Waals surface area contributed by atoms with Crippen molar-refractivity contribution in [2.24, 2.45) is 10.4 Å². The van der Waals surface area contributed by atoms with Gasteiger partial charge in [0.25, 0.3) is 0 Å². The maximum absolute atomic E-state index is 5.80. The quantitative estimate of drug-likeness (QED) is 0.413. The van der Waals surface area contributed by atoms with Crippen LogP contribution in [0.25, 0.3) is 0 Å². The van der Waals surface area contributed by atoms with Crippen molar-refractivity contribution in [1.29, 1.82) is 0 Å². The molecule has 0 aromatic carbocycles. The first kappa shape index (κ1) is 18.0. The van der Waals surface area contributed by atoms with Crippen molar-refractivity contribution in [2.45, 2.75) is 32.6 Å². The molecule has 1 aliphatic carbocycles. The Morgan fingerprint density at radius 3 is 2.83 bits per heavy atom. The maximum Gasteiger partial charge on any atom is 0.191 e. The molecule has 5 nitrogen and oxygen atoms in total. The summed E-state index contributed by atoms with van der Waals surface area (Å²) in [6, 6.07) is 3.83. The van der Waals surface area contributed by atoms with Crippen molar-refractivity contribution in [3.8, 4) is 0 Å². The number of guanidine groups is 1. The van der Waals surface area contributed by atoms with Gasteiger partial charge in [0.2, 0.25) is 0 Å². The standard InChI is InChI=1S/C17H27ClN4O/c1-3-19-16(22-13-17(7-8-17)9-11-23-2)20-10-6-14-4-5-15(18)21-12-14/h4-5,12H,3,6-11,13H2,1-2H3,(H2,19,20,22).